The van der Waals surface area contributed by atoms with Gasteiger partial charge in [-0.15, -0.1) is 11.3 Å². The third-order valence-electron chi connectivity index (χ3n) is 3.22. The molecule has 0 spiro atoms. The summed E-state index contributed by atoms with van der Waals surface area (Å²) in [6, 6.07) is 8.27. The molecule has 1 aliphatic carbocycles. The molecular weight excluding hydrogens is 204 g/mol. The molecule has 3 heteroatoms. The summed E-state index contributed by atoms with van der Waals surface area (Å²) in [6.07, 6.45) is 4.67. The molecule has 0 unspecified atom stereocenters. The molecule has 1 aromatic carbocycles. The Morgan fingerprint density at radius 3 is 2.67 bits per heavy atom. The van der Waals surface area contributed by atoms with Crippen LogP contribution in [0.2, 0.25) is 0 Å². The molecule has 0 radical (unpaired) electrons. The number of hydrogen-bond donors (Lipinski definition) is 1. The fourth-order valence-corrected chi connectivity index (χ4v) is 3.43. The second-order valence-corrected chi connectivity index (χ2v) is 5.38. The average Bonchev–Trinajstić information content (AvgIpc) is 2.84. The van der Waals surface area contributed by atoms with Crippen molar-refractivity contribution in [2.45, 2.75) is 31.2 Å². The SMILES string of the molecule is NC1(c2nc3ccccc3s2)CCCC1. The molecule has 1 heterocycles. The van der Waals surface area contributed by atoms with Gasteiger partial charge in [-0.05, 0) is 25.0 Å². The minimum atomic E-state index is -0.135. The molecule has 1 aliphatic rings. The zero-order valence-electron chi connectivity index (χ0n) is 8.57. The van der Waals surface area contributed by atoms with E-state index in [4.69, 9.17) is 5.73 Å². The summed E-state index contributed by atoms with van der Waals surface area (Å²) in [5, 5.41) is 1.13. The highest BCUT2D eigenvalue weighted by atomic mass is 32.1. The van der Waals surface area contributed by atoms with E-state index in [1.165, 1.54) is 17.5 Å². The second kappa shape index (κ2) is 3.29. The Kier molecular flexibility index (Phi) is 2.04. The lowest BCUT2D eigenvalue weighted by atomic mass is 10.0. The third kappa shape index (κ3) is 1.46. The molecule has 1 aromatic heterocycles. The van der Waals surface area contributed by atoms with Crippen molar-refractivity contribution in [3.63, 3.8) is 0 Å². The van der Waals surface area contributed by atoms with Crippen LogP contribution in [0.5, 0.6) is 0 Å². The van der Waals surface area contributed by atoms with Crippen LogP contribution in [0.15, 0.2) is 24.3 Å². The number of aromatic nitrogens is 1. The van der Waals surface area contributed by atoms with Gasteiger partial charge in [0.25, 0.3) is 0 Å². The highest BCUT2D eigenvalue weighted by Crippen LogP contribution is 2.39. The van der Waals surface area contributed by atoms with Crippen molar-refractivity contribution in [3.8, 4) is 0 Å². The van der Waals surface area contributed by atoms with E-state index in [1.807, 2.05) is 6.07 Å². The summed E-state index contributed by atoms with van der Waals surface area (Å²) in [5.41, 5.74) is 7.35. The summed E-state index contributed by atoms with van der Waals surface area (Å²) >= 11 is 1.76. The first-order valence-electron chi connectivity index (χ1n) is 5.43. The first-order chi connectivity index (χ1) is 7.28. The number of benzene rings is 1. The van der Waals surface area contributed by atoms with E-state index in [0.717, 1.165) is 23.4 Å². The predicted octanol–water partition coefficient (Wildman–Crippen LogP) is 3.02. The van der Waals surface area contributed by atoms with E-state index in [0.29, 0.717) is 0 Å². The average molecular weight is 218 g/mol. The van der Waals surface area contributed by atoms with Gasteiger partial charge in [-0.3, -0.25) is 0 Å². The fraction of sp³-hybridized carbons (Fsp3) is 0.417. The lowest BCUT2D eigenvalue weighted by Gasteiger charge is -2.19. The van der Waals surface area contributed by atoms with Crippen molar-refractivity contribution in [1.29, 1.82) is 0 Å². The van der Waals surface area contributed by atoms with E-state index in [9.17, 15) is 0 Å². The number of para-hydroxylation sites is 1. The van der Waals surface area contributed by atoms with Crippen LogP contribution in [-0.4, -0.2) is 4.98 Å². The van der Waals surface area contributed by atoms with E-state index in [1.54, 1.807) is 11.3 Å². The third-order valence-corrected chi connectivity index (χ3v) is 4.47. The number of thiazole rings is 1. The maximum Gasteiger partial charge on any atom is 0.114 e. The van der Waals surface area contributed by atoms with Gasteiger partial charge in [0.2, 0.25) is 0 Å². The van der Waals surface area contributed by atoms with E-state index >= 15 is 0 Å². The Balaban J connectivity index is 2.11. The number of fused-ring (bicyclic) bond motifs is 1. The molecule has 3 rings (SSSR count). The fourth-order valence-electron chi connectivity index (χ4n) is 2.30. The molecule has 78 valence electrons. The molecule has 15 heavy (non-hydrogen) atoms. The number of rotatable bonds is 1. The molecule has 1 saturated carbocycles. The highest BCUT2D eigenvalue weighted by Gasteiger charge is 2.34. The summed E-state index contributed by atoms with van der Waals surface area (Å²) in [4.78, 5) is 4.66. The van der Waals surface area contributed by atoms with Gasteiger partial charge >= 0.3 is 0 Å². The molecule has 0 aliphatic heterocycles. The maximum absolute atomic E-state index is 6.39. The van der Waals surface area contributed by atoms with Crippen molar-refractivity contribution in [2.24, 2.45) is 5.73 Å². The molecule has 2 nitrogen and oxygen atoms in total. The second-order valence-electron chi connectivity index (χ2n) is 4.35. The van der Waals surface area contributed by atoms with Crippen LogP contribution in [0.1, 0.15) is 30.7 Å². The van der Waals surface area contributed by atoms with Gasteiger partial charge in [-0.1, -0.05) is 25.0 Å². The Bertz CT molecular complexity index is 450. The Labute approximate surface area is 93.1 Å². The standard InChI is InChI=1S/C12H14N2S/c13-12(7-3-4-8-12)11-14-9-5-1-2-6-10(9)15-11/h1-2,5-6H,3-4,7-8,13H2. The van der Waals surface area contributed by atoms with Crippen LogP contribution in [0.25, 0.3) is 10.2 Å². The normalized spacial score (nSPS) is 19.8. The highest BCUT2D eigenvalue weighted by molar-refractivity contribution is 7.18. The monoisotopic (exact) mass is 218 g/mol. The van der Waals surface area contributed by atoms with Gasteiger partial charge in [0.15, 0.2) is 0 Å². The van der Waals surface area contributed by atoms with E-state index < -0.39 is 0 Å². The van der Waals surface area contributed by atoms with Crippen molar-refractivity contribution in [1.82, 2.24) is 4.98 Å². The van der Waals surface area contributed by atoms with Crippen molar-refractivity contribution >= 4 is 21.6 Å². The lowest BCUT2D eigenvalue weighted by molar-refractivity contribution is 0.460. The summed E-state index contributed by atoms with van der Waals surface area (Å²) in [7, 11) is 0. The summed E-state index contributed by atoms with van der Waals surface area (Å²) in [6.45, 7) is 0. The van der Waals surface area contributed by atoms with Crippen LogP contribution < -0.4 is 5.73 Å². The van der Waals surface area contributed by atoms with Crippen LogP contribution in [0.3, 0.4) is 0 Å². The Morgan fingerprint density at radius 1 is 1.20 bits per heavy atom. The number of nitrogens with zero attached hydrogens (tertiary/aromatic N) is 1. The van der Waals surface area contributed by atoms with E-state index in [2.05, 4.69) is 23.2 Å². The van der Waals surface area contributed by atoms with Gasteiger partial charge in [-0.2, -0.15) is 0 Å². The largest absolute Gasteiger partial charge is 0.319 e. The molecule has 2 aromatic rings. The van der Waals surface area contributed by atoms with Gasteiger partial charge in [-0.25, -0.2) is 4.98 Å². The summed E-state index contributed by atoms with van der Waals surface area (Å²) < 4.78 is 1.25. The van der Waals surface area contributed by atoms with Crippen LogP contribution >= 0.6 is 11.3 Å². The topological polar surface area (TPSA) is 38.9 Å². The molecule has 0 amide bonds. The van der Waals surface area contributed by atoms with E-state index in [-0.39, 0.29) is 5.54 Å². The minimum Gasteiger partial charge on any atom is -0.319 e. The number of nitrogens with two attached hydrogens (primary N) is 1. The lowest BCUT2D eigenvalue weighted by Crippen LogP contribution is -2.32. The van der Waals surface area contributed by atoms with Crippen molar-refractivity contribution in [2.75, 3.05) is 0 Å². The summed E-state index contributed by atoms with van der Waals surface area (Å²) in [5.74, 6) is 0. The first kappa shape index (κ1) is 9.31. The van der Waals surface area contributed by atoms with Gasteiger partial charge in [0.05, 0.1) is 15.8 Å². The van der Waals surface area contributed by atoms with Crippen molar-refractivity contribution < 1.29 is 0 Å². The zero-order chi connectivity index (χ0) is 10.3. The van der Waals surface area contributed by atoms with Crippen LogP contribution in [-0.2, 0) is 5.54 Å². The zero-order valence-corrected chi connectivity index (χ0v) is 9.39. The van der Waals surface area contributed by atoms with Gasteiger partial charge < -0.3 is 5.73 Å². The van der Waals surface area contributed by atoms with Gasteiger partial charge in [0.1, 0.15) is 5.01 Å². The Hall–Kier alpha value is -0.930. The molecule has 1 fully saturated rings. The van der Waals surface area contributed by atoms with Crippen LogP contribution in [0, 0.1) is 0 Å². The molecule has 0 bridgehead atoms. The Morgan fingerprint density at radius 2 is 1.93 bits per heavy atom. The quantitative estimate of drug-likeness (QED) is 0.799. The van der Waals surface area contributed by atoms with Crippen molar-refractivity contribution in [3.05, 3.63) is 29.3 Å². The van der Waals surface area contributed by atoms with Gasteiger partial charge in [0, 0.05) is 0 Å². The molecular formula is C12H14N2S. The minimum absolute atomic E-state index is 0.135. The number of hydrogen-bond acceptors (Lipinski definition) is 3. The maximum atomic E-state index is 6.39. The first-order valence-corrected chi connectivity index (χ1v) is 6.25. The molecule has 0 atom stereocenters. The molecule has 0 saturated heterocycles. The van der Waals surface area contributed by atoms with Crippen LogP contribution in [0.4, 0.5) is 0 Å². The molecule has 2 N–H and O–H groups in total. The predicted molar refractivity (Wildman–Crippen MR) is 64.0 cm³/mol. The smallest absolute Gasteiger partial charge is 0.114 e.